The molecule has 6 heteroatoms. The first kappa shape index (κ1) is 13.1. The Labute approximate surface area is 127 Å². The Morgan fingerprint density at radius 2 is 2.18 bits per heavy atom. The highest BCUT2D eigenvalue weighted by Crippen LogP contribution is 2.38. The molecule has 0 amide bonds. The summed E-state index contributed by atoms with van der Waals surface area (Å²) in [6.45, 7) is 4.01. The molecule has 0 saturated carbocycles. The molecule has 1 aliphatic carbocycles. The fraction of sp³-hybridized carbons (Fsp3) is 0.312. The Balaban J connectivity index is 1.79. The third-order valence-corrected chi connectivity index (χ3v) is 4.46. The van der Waals surface area contributed by atoms with Crippen LogP contribution in [0.15, 0.2) is 24.5 Å². The average Bonchev–Trinajstić information content (AvgIpc) is 3.11. The minimum absolute atomic E-state index is 0.162. The van der Waals surface area contributed by atoms with E-state index in [-0.39, 0.29) is 6.04 Å². The predicted octanol–water partition coefficient (Wildman–Crippen LogP) is 2.55. The highest BCUT2D eigenvalue weighted by Gasteiger charge is 2.26. The minimum atomic E-state index is 0.162. The molecule has 1 atom stereocenters. The van der Waals surface area contributed by atoms with Crippen molar-refractivity contribution >= 4 is 11.6 Å². The summed E-state index contributed by atoms with van der Waals surface area (Å²) in [5.41, 5.74) is 4.20. The highest BCUT2D eigenvalue weighted by molar-refractivity contribution is 5.55. The predicted molar refractivity (Wildman–Crippen MR) is 83.0 cm³/mol. The van der Waals surface area contributed by atoms with Crippen molar-refractivity contribution < 1.29 is 5.11 Å². The van der Waals surface area contributed by atoms with Gasteiger partial charge in [0.2, 0.25) is 0 Å². The van der Waals surface area contributed by atoms with Gasteiger partial charge in [0, 0.05) is 11.3 Å². The summed E-state index contributed by atoms with van der Waals surface area (Å²) in [6, 6.07) is 5.87. The lowest BCUT2D eigenvalue weighted by Gasteiger charge is -2.18. The van der Waals surface area contributed by atoms with Crippen LogP contribution in [0.4, 0.5) is 5.82 Å². The van der Waals surface area contributed by atoms with E-state index in [1.54, 1.807) is 10.6 Å². The molecule has 112 valence electrons. The molecule has 0 fully saturated rings. The van der Waals surface area contributed by atoms with E-state index in [2.05, 4.69) is 26.4 Å². The van der Waals surface area contributed by atoms with E-state index in [1.807, 2.05) is 19.9 Å². The lowest BCUT2D eigenvalue weighted by Crippen LogP contribution is -2.14. The number of benzene rings is 1. The number of rotatable bonds is 2. The van der Waals surface area contributed by atoms with Gasteiger partial charge >= 0.3 is 0 Å². The van der Waals surface area contributed by atoms with Crippen molar-refractivity contribution in [1.82, 2.24) is 19.6 Å². The maximum atomic E-state index is 9.99. The Morgan fingerprint density at radius 1 is 1.32 bits per heavy atom. The quantitative estimate of drug-likeness (QED) is 0.760. The molecule has 2 heterocycles. The molecule has 22 heavy (non-hydrogen) atoms. The van der Waals surface area contributed by atoms with E-state index in [4.69, 9.17) is 0 Å². The first-order valence-electron chi connectivity index (χ1n) is 7.39. The summed E-state index contributed by atoms with van der Waals surface area (Å²) in [6.07, 6.45) is 3.34. The number of aryl methyl sites for hydroxylation is 1. The lowest BCUT2D eigenvalue weighted by atomic mass is 10.1. The molecule has 0 saturated heterocycles. The number of anilines is 1. The standard InChI is InChI=1S/C16H17N5O/c1-9-10(2)19-16-17-8-18-21(16)15(9)20-13-7-6-12-11(13)4-3-5-14(12)22/h3-5,8,13,20,22H,6-7H2,1-2H3/t13-/m1/s1. The zero-order chi connectivity index (χ0) is 15.3. The van der Waals surface area contributed by atoms with Crippen molar-refractivity contribution in [2.24, 2.45) is 0 Å². The Bertz CT molecular complexity index is 870. The van der Waals surface area contributed by atoms with E-state index in [9.17, 15) is 5.11 Å². The Hall–Kier alpha value is -2.63. The zero-order valence-corrected chi connectivity index (χ0v) is 12.5. The van der Waals surface area contributed by atoms with E-state index in [1.165, 1.54) is 6.33 Å². The van der Waals surface area contributed by atoms with Crippen molar-refractivity contribution in [1.29, 1.82) is 0 Å². The number of fused-ring (bicyclic) bond motifs is 2. The van der Waals surface area contributed by atoms with Crippen molar-refractivity contribution in [3.63, 3.8) is 0 Å². The fourth-order valence-electron chi connectivity index (χ4n) is 3.15. The van der Waals surface area contributed by atoms with Crippen LogP contribution in [-0.2, 0) is 6.42 Å². The number of phenolic OH excluding ortho intramolecular Hbond substituents is 1. The Morgan fingerprint density at radius 3 is 3.05 bits per heavy atom. The number of nitrogens with zero attached hydrogens (tertiary/aromatic N) is 4. The van der Waals surface area contributed by atoms with Crippen LogP contribution in [0.25, 0.3) is 5.78 Å². The number of phenols is 1. The van der Waals surface area contributed by atoms with Crippen LogP contribution in [0.5, 0.6) is 5.75 Å². The number of aromatic hydroxyl groups is 1. The average molecular weight is 295 g/mol. The number of hydrogen-bond acceptors (Lipinski definition) is 5. The molecule has 0 spiro atoms. The second-order valence-electron chi connectivity index (χ2n) is 5.72. The molecule has 2 N–H and O–H groups in total. The van der Waals surface area contributed by atoms with Gasteiger partial charge in [0.05, 0.1) is 6.04 Å². The largest absolute Gasteiger partial charge is 0.508 e. The van der Waals surface area contributed by atoms with Crippen LogP contribution in [-0.4, -0.2) is 24.7 Å². The first-order chi connectivity index (χ1) is 10.6. The summed E-state index contributed by atoms with van der Waals surface area (Å²) >= 11 is 0. The van der Waals surface area contributed by atoms with Crippen LogP contribution in [0.3, 0.4) is 0 Å². The second kappa shape index (κ2) is 4.69. The minimum Gasteiger partial charge on any atom is -0.508 e. The van der Waals surface area contributed by atoms with Crippen LogP contribution >= 0.6 is 0 Å². The number of hydrogen-bond donors (Lipinski definition) is 2. The topological polar surface area (TPSA) is 75.3 Å². The van der Waals surface area contributed by atoms with Gasteiger partial charge in [-0.3, -0.25) is 0 Å². The van der Waals surface area contributed by atoms with Gasteiger partial charge in [-0.25, -0.2) is 4.98 Å². The zero-order valence-electron chi connectivity index (χ0n) is 12.5. The van der Waals surface area contributed by atoms with Gasteiger partial charge in [-0.1, -0.05) is 12.1 Å². The summed E-state index contributed by atoms with van der Waals surface area (Å²) in [5, 5.41) is 17.8. The SMILES string of the molecule is Cc1nc2ncnn2c(N[C@@H]2CCc3c(O)cccc32)c1C. The van der Waals surface area contributed by atoms with Crippen LogP contribution in [0.2, 0.25) is 0 Å². The highest BCUT2D eigenvalue weighted by atomic mass is 16.3. The molecular weight excluding hydrogens is 278 g/mol. The van der Waals surface area contributed by atoms with Crippen LogP contribution < -0.4 is 5.32 Å². The lowest BCUT2D eigenvalue weighted by molar-refractivity contribution is 0.469. The summed E-state index contributed by atoms with van der Waals surface area (Å²) in [7, 11) is 0. The molecule has 0 aliphatic heterocycles. The molecule has 1 aromatic carbocycles. The molecule has 0 bridgehead atoms. The van der Waals surface area contributed by atoms with Crippen molar-refractivity contribution in [3.8, 4) is 5.75 Å². The van der Waals surface area contributed by atoms with E-state index < -0.39 is 0 Å². The maximum Gasteiger partial charge on any atom is 0.254 e. The van der Waals surface area contributed by atoms with Crippen molar-refractivity contribution in [2.45, 2.75) is 32.7 Å². The van der Waals surface area contributed by atoms with Gasteiger partial charge < -0.3 is 10.4 Å². The maximum absolute atomic E-state index is 9.99. The molecule has 2 aromatic heterocycles. The third-order valence-electron chi connectivity index (χ3n) is 4.46. The first-order valence-corrected chi connectivity index (χ1v) is 7.39. The molecule has 4 rings (SSSR count). The molecule has 3 aromatic rings. The van der Waals surface area contributed by atoms with E-state index >= 15 is 0 Å². The van der Waals surface area contributed by atoms with Gasteiger partial charge in [0.1, 0.15) is 17.9 Å². The van der Waals surface area contributed by atoms with E-state index in [0.717, 1.165) is 41.0 Å². The smallest absolute Gasteiger partial charge is 0.254 e. The van der Waals surface area contributed by atoms with Crippen molar-refractivity contribution in [3.05, 3.63) is 46.9 Å². The monoisotopic (exact) mass is 295 g/mol. The van der Waals surface area contributed by atoms with Gasteiger partial charge in [0.15, 0.2) is 0 Å². The van der Waals surface area contributed by atoms with Crippen LogP contribution in [0.1, 0.15) is 34.8 Å². The number of aromatic nitrogens is 4. The van der Waals surface area contributed by atoms with Crippen molar-refractivity contribution in [2.75, 3.05) is 5.32 Å². The summed E-state index contributed by atoms with van der Waals surface area (Å²) in [5.74, 6) is 1.90. The van der Waals surface area contributed by atoms with Crippen LogP contribution in [0, 0.1) is 13.8 Å². The normalized spacial score (nSPS) is 16.9. The molecular formula is C16H17N5O. The molecule has 0 unspecified atom stereocenters. The van der Waals surface area contributed by atoms with E-state index in [0.29, 0.717) is 11.5 Å². The van der Waals surface area contributed by atoms with Gasteiger partial charge in [-0.2, -0.15) is 14.6 Å². The molecule has 6 nitrogen and oxygen atoms in total. The van der Waals surface area contributed by atoms with Gasteiger partial charge in [0.25, 0.3) is 5.78 Å². The molecule has 0 radical (unpaired) electrons. The summed E-state index contributed by atoms with van der Waals surface area (Å²) in [4.78, 5) is 8.61. The van der Waals surface area contributed by atoms with Gasteiger partial charge in [-0.05, 0) is 43.9 Å². The summed E-state index contributed by atoms with van der Waals surface area (Å²) < 4.78 is 1.74. The number of nitrogens with one attached hydrogen (secondary N) is 1. The Kier molecular flexibility index (Phi) is 2.79. The van der Waals surface area contributed by atoms with Gasteiger partial charge in [-0.15, -0.1) is 0 Å². The molecule has 1 aliphatic rings. The third kappa shape index (κ3) is 1.83. The fourth-order valence-corrected chi connectivity index (χ4v) is 3.15. The second-order valence-corrected chi connectivity index (χ2v) is 5.72.